The third-order valence-electron chi connectivity index (χ3n) is 6.38. The maximum absolute atomic E-state index is 12.7. The molecule has 1 aromatic heterocycles. The van der Waals surface area contributed by atoms with Gasteiger partial charge >= 0.3 is 0 Å². The second kappa shape index (κ2) is 8.80. The van der Waals surface area contributed by atoms with Crippen LogP contribution in [0.5, 0.6) is 0 Å². The van der Waals surface area contributed by atoms with Gasteiger partial charge in [0, 0.05) is 31.4 Å². The van der Waals surface area contributed by atoms with E-state index in [0.717, 1.165) is 55.8 Å². The summed E-state index contributed by atoms with van der Waals surface area (Å²) in [6, 6.07) is 9.52. The number of hydrogen-bond acceptors (Lipinski definition) is 3. The van der Waals surface area contributed by atoms with Crippen molar-refractivity contribution in [3.8, 4) is 0 Å². The molecule has 5 nitrogen and oxygen atoms in total. The minimum atomic E-state index is -0.0322. The van der Waals surface area contributed by atoms with E-state index >= 15 is 0 Å². The van der Waals surface area contributed by atoms with Crippen LogP contribution in [0.2, 0.25) is 0 Å². The average molecular weight is 383 g/mol. The van der Waals surface area contributed by atoms with E-state index in [-0.39, 0.29) is 11.8 Å². The Morgan fingerprint density at radius 1 is 1.04 bits per heavy atom. The Balaban J connectivity index is 1.19. The minimum absolute atomic E-state index is 0.0322. The first-order valence-electron chi connectivity index (χ1n) is 10.7. The molecule has 1 saturated carbocycles. The predicted octanol–water partition coefficient (Wildman–Crippen LogP) is 4.37. The van der Waals surface area contributed by atoms with Gasteiger partial charge in [0.25, 0.3) is 5.91 Å². The Labute approximate surface area is 166 Å². The molecule has 2 heterocycles. The molecular formula is C23H30N2O3. The van der Waals surface area contributed by atoms with Crippen molar-refractivity contribution in [1.29, 1.82) is 0 Å². The molecule has 1 N–H and O–H groups in total. The van der Waals surface area contributed by atoms with Crippen molar-refractivity contribution in [3.05, 3.63) is 36.1 Å². The van der Waals surface area contributed by atoms with Crippen molar-refractivity contribution in [1.82, 2.24) is 10.2 Å². The molecule has 1 aliphatic carbocycles. The number of rotatable bonds is 6. The summed E-state index contributed by atoms with van der Waals surface area (Å²) >= 11 is 0. The van der Waals surface area contributed by atoms with Gasteiger partial charge in [0.2, 0.25) is 5.91 Å². The summed E-state index contributed by atoms with van der Waals surface area (Å²) in [7, 11) is 0. The van der Waals surface area contributed by atoms with E-state index in [1.54, 1.807) is 0 Å². The molecule has 1 aromatic carbocycles. The highest BCUT2D eigenvalue weighted by atomic mass is 16.3. The zero-order chi connectivity index (χ0) is 19.3. The fourth-order valence-corrected chi connectivity index (χ4v) is 4.56. The number of amides is 2. The molecule has 0 spiro atoms. The molecule has 0 unspecified atom stereocenters. The van der Waals surface area contributed by atoms with Gasteiger partial charge in [-0.15, -0.1) is 0 Å². The summed E-state index contributed by atoms with van der Waals surface area (Å²) in [5.41, 5.74) is 0.751. The van der Waals surface area contributed by atoms with Gasteiger partial charge in [-0.25, -0.2) is 0 Å². The van der Waals surface area contributed by atoms with Crippen molar-refractivity contribution >= 4 is 22.8 Å². The number of nitrogens with zero attached hydrogens (tertiary/aromatic N) is 1. The maximum atomic E-state index is 12.7. The summed E-state index contributed by atoms with van der Waals surface area (Å²) < 4.78 is 5.71. The standard InChI is InChI=1S/C23H30N2O3/c26-22(10-9-17-5-1-2-6-17)24-16-18-11-13-25(14-12-18)23(27)21-15-19-7-3-4-8-20(19)28-21/h3-4,7-8,15,17-18H,1-2,5-6,9-14,16H2,(H,24,26). The van der Waals surface area contributed by atoms with Crippen LogP contribution in [0.15, 0.2) is 34.7 Å². The summed E-state index contributed by atoms with van der Waals surface area (Å²) in [5.74, 6) is 1.79. The van der Waals surface area contributed by atoms with E-state index in [0.29, 0.717) is 18.1 Å². The molecule has 1 aliphatic heterocycles. The first-order valence-corrected chi connectivity index (χ1v) is 10.7. The molecule has 5 heteroatoms. The van der Waals surface area contributed by atoms with Crippen LogP contribution >= 0.6 is 0 Å². The first-order chi connectivity index (χ1) is 13.7. The number of hydrogen-bond donors (Lipinski definition) is 1. The summed E-state index contributed by atoms with van der Waals surface area (Å²) in [5, 5.41) is 4.07. The Morgan fingerprint density at radius 2 is 1.79 bits per heavy atom. The molecule has 1 saturated heterocycles. The smallest absolute Gasteiger partial charge is 0.289 e. The predicted molar refractivity (Wildman–Crippen MR) is 109 cm³/mol. The highest BCUT2D eigenvalue weighted by Gasteiger charge is 2.26. The van der Waals surface area contributed by atoms with Crippen molar-refractivity contribution in [3.63, 3.8) is 0 Å². The van der Waals surface area contributed by atoms with Gasteiger partial charge in [-0.3, -0.25) is 9.59 Å². The zero-order valence-electron chi connectivity index (χ0n) is 16.5. The third-order valence-corrected chi connectivity index (χ3v) is 6.38. The van der Waals surface area contributed by atoms with Gasteiger partial charge in [0.05, 0.1) is 0 Å². The molecule has 2 aliphatic rings. The van der Waals surface area contributed by atoms with Gasteiger partial charge < -0.3 is 14.6 Å². The second-order valence-corrected chi connectivity index (χ2v) is 8.38. The zero-order valence-corrected chi connectivity index (χ0v) is 16.5. The number of fused-ring (bicyclic) bond motifs is 1. The summed E-state index contributed by atoms with van der Waals surface area (Å²) in [6.45, 7) is 2.17. The van der Waals surface area contributed by atoms with E-state index in [1.807, 2.05) is 35.2 Å². The first kappa shape index (κ1) is 19.0. The topological polar surface area (TPSA) is 62.6 Å². The summed E-state index contributed by atoms with van der Waals surface area (Å²) in [4.78, 5) is 26.7. The lowest BCUT2D eigenvalue weighted by atomic mass is 9.96. The Bertz CT molecular complexity index is 781. The minimum Gasteiger partial charge on any atom is -0.451 e. The van der Waals surface area contributed by atoms with Gasteiger partial charge in [-0.2, -0.15) is 0 Å². The SMILES string of the molecule is O=C(CCC1CCCC1)NCC1CCN(C(=O)c2cc3ccccc3o2)CC1. The molecule has 2 aromatic rings. The van der Waals surface area contributed by atoms with Gasteiger partial charge in [0.15, 0.2) is 5.76 Å². The number of para-hydroxylation sites is 1. The third kappa shape index (κ3) is 4.57. The van der Waals surface area contributed by atoms with Crippen molar-refractivity contribution < 1.29 is 14.0 Å². The second-order valence-electron chi connectivity index (χ2n) is 8.38. The number of piperidine rings is 1. The molecule has 28 heavy (non-hydrogen) atoms. The van der Waals surface area contributed by atoms with Crippen LogP contribution in [0.1, 0.15) is 61.9 Å². The molecule has 0 radical (unpaired) electrons. The lowest BCUT2D eigenvalue weighted by Crippen LogP contribution is -2.41. The average Bonchev–Trinajstić information content (AvgIpc) is 3.40. The number of furan rings is 1. The maximum Gasteiger partial charge on any atom is 0.289 e. The Kier molecular flexibility index (Phi) is 5.98. The number of carbonyl (C=O) groups is 2. The molecule has 0 atom stereocenters. The molecule has 2 amide bonds. The van der Waals surface area contributed by atoms with E-state index in [4.69, 9.17) is 4.42 Å². The van der Waals surface area contributed by atoms with Crippen LogP contribution in [0.4, 0.5) is 0 Å². The van der Waals surface area contributed by atoms with Crippen LogP contribution in [-0.4, -0.2) is 36.3 Å². The highest BCUT2D eigenvalue weighted by molar-refractivity contribution is 5.96. The van der Waals surface area contributed by atoms with Gasteiger partial charge in [-0.05, 0) is 43.2 Å². The quantitative estimate of drug-likeness (QED) is 0.807. The molecule has 4 rings (SSSR count). The van der Waals surface area contributed by atoms with Crippen LogP contribution in [-0.2, 0) is 4.79 Å². The van der Waals surface area contributed by atoms with Crippen LogP contribution in [0.3, 0.4) is 0 Å². The Morgan fingerprint density at radius 3 is 2.54 bits per heavy atom. The Hall–Kier alpha value is -2.30. The van der Waals surface area contributed by atoms with Crippen molar-refractivity contribution in [2.45, 2.75) is 51.4 Å². The number of carbonyl (C=O) groups excluding carboxylic acids is 2. The largest absolute Gasteiger partial charge is 0.451 e. The lowest BCUT2D eigenvalue weighted by Gasteiger charge is -2.31. The van der Waals surface area contributed by atoms with E-state index in [2.05, 4.69) is 5.32 Å². The molecule has 150 valence electrons. The molecular weight excluding hydrogens is 352 g/mol. The molecule has 2 fully saturated rings. The molecule has 0 bridgehead atoms. The summed E-state index contributed by atoms with van der Waals surface area (Å²) in [6.07, 6.45) is 8.80. The monoisotopic (exact) mass is 382 g/mol. The van der Waals surface area contributed by atoms with Crippen molar-refractivity contribution in [2.24, 2.45) is 11.8 Å². The van der Waals surface area contributed by atoms with Crippen LogP contribution in [0, 0.1) is 11.8 Å². The number of nitrogens with one attached hydrogen (secondary N) is 1. The normalized spacial score (nSPS) is 18.6. The van der Waals surface area contributed by atoms with Crippen molar-refractivity contribution in [2.75, 3.05) is 19.6 Å². The van der Waals surface area contributed by atoms with E-state index < -0.39 is 0 Å². The van der Waals surface area contributed by atoms with E-state index in [1.165, 1.54) is 25.7 Å². The van der Waals surface area contributed by atoms with Gasteiger partial charge in [0.1, 0.15) is 5.58 Å². The number of benzene rings is 1. The highest BCUT2D eigenvalue weighted by Crippen LogP contribution is 2.28. The van der Waals surface area contributed by atoms with E-state index in [9.17, 15) is 9.59 Å². The number of likely N-dealkylation sites (tertiary alicyclic amines) is 1. The van der Waals surface area contributed by atoms with Crippen LogP contribution < -0.4 is 5.32 Å². The lowest BCUT2D eigenvalue weighted by molar-refractivity contribution is -0.121. The fraction of sp³-hybridized carbons (Fsp3) is 0.565. The van der Waals surface area contributed by atoms with Gasteiger partial charge in [-0.1, -0.05) is 43.9 Å². The fourth-order valence-electron chi connectivity index (χ4n) is 4.56. The van der Waals surface area contributed by atoms with Crippen LogP contribution in [0.25, 0.3) is 11.0 Å².